The Balaban J connectivity index is 0.00000225. The third-order valence-electron chi connectivity index (χ3n) is 5.15. The second-order valence-electron chi connectivity index (χ2n) is 6.89. The predicted octanol–water partition coefficient (Wildman–Crippen LogP) is 2.72. The fourth-order valence-corrected chi connectivity index (χ4v) is 4.17. The molecule has 0 spiro atoms. The fourth-order valence-electron chi connectivity index (χ4n) is 3.97. The second-order valence-corrected chi connectivity index (χ2v) is 7.33. The second kappa shape index (κ2) is 8.88. The summed E-state index contributed by atoms with van der Waals surface area (Å²) in [6, 6.07) is 7.00. The zero-order valence-electron chi connectivity index (χ0n) is 14.0. The lowest BCUT2D eigenvalue weighted by atomic mass is 9.85. The minimum Gasteiger partial charge on any atom is -0.370 e. The largest absolute Gasteiger partial charge is 0.370 e. The zero-order valence-corrected chi connectivity index (χ0v) is 15.6. The molecule has 3 unspecified atom stereocenters. The van der Waals surface area contributed by atoms with Crippen LogP contribution in [0.3, 0.4) is 0 Å². The summed E-state index contributed by atoms with van der Waals surface area (Å²) in [7, 11) is 0. The van der Waals surface area contributed by atoms with Crippen LogP contribution in [0, 0.1) is 5.92 Å². The van der Waals surface area contributed by atoms with E-state index in [4.69, 9.17) is 17.3 Å². The quantitative estimate of drug-likeness (QED) is 0.728. The SMILES string of the molecule is Cl.NC(=O)C[C@@H](NC(=O)C1CC2CCCCC2N1)c1cccc(Cl)c1. The van der Waals surface area contributed by atoms with Crippen LogP contribution >= 0.6 is 24.0 Å². The monoisotopic (exact) mass is 385 g/mol. The average Bonchev–Trinajstić information content (AvgIpc) is 2.98. The third-order valence-corrected chi connectivity index (χ3v) is 5.39. The van der Waals surface area contributed by atoms with Crippen molar-refractivity contribution in [3.8, 4) is 0 Å². The van der Waals surface area contributed by atoms with Crippen molar-refractivity contribution in [3.05, 3.63) is 34.9 Å². The summed E-state index contributed by atoms with van der Waals surface area (Å²) in [6.45, 7) is 0. The van der Waals surface area contributed by atoms with Crippen LogP contribution < -0.4 is 16.4 Å². The number of primary amides is 1. The molecule has 4 atom stereocenters. The first-order valence-electron chi connectivity index (χ1n) is 8.63. The number of nitrogens with one attached hydrogen (secondary N) is 2. The van der Waals surface area contributed by atoms with E-state index in [0.29, 0.717) is 17.0 Å². The van der Waals surface area contributed by atoms with E-state index in [9.17, 15) is 9.59 Å². The maximum absolute atomic E-state index is 12.7. The van der Waals surface area contributed by atoms with Gasteiger partial charge in [0.25, 0.3) is 0 Å². The molecule has 25 heavy (non-hydrogen) atoms. The lowest BCUT2D eigenvalue weighted by Gasteiger charge is -2.24. The molecule has 1 saturated carbocycles. The van der Waals surface area contributed by atoms with Gasteiger partial charge in [-0.25, -0.2) is 0 Å². The average molecular weight is 386 g/mol. The van der Waals surface area contributed by atoms with Gasteiger partial charge in [0.1, 0.15) is 0 Å². The number of hydrogen-bond donors (Lipinski definition) is 3. The molecule has 7 heteroatoms. The Bertz CT molecular complexity index is 612. The van der Waals surface area contributed by atoms with Crippen molar-refractivity contribution in [1.82, 2.24) is 10.6 Å². The predicted molar refractivity (Wildman–Crippen MR) is 101 cm³/mol. The maximum Gasteiger partial charge on any atom is 0.237 e. The van der Waals surface area contributed by atoms with E-state index in [2.05, 4.69) is 10.6 Å². The van der Waals surface area contributed by atoms with Crippen molar-refractivity contribution >= 4 is 35.8 Å². The van der Waals surface area contributed by atoms with Crippen molar-refractivity contribution in [2.75, 3.05) is 0 Å². The molecular formula is C18H25Cl2N3O2. The van der Waals surface area contributed by atoms with E-state index in [0.717, 1.165) is 18.4 Å². The van der Waals surface area contributed by atoms with Gasteiger partial charge in [-0.1, -0.05) is 36.6 Å². The smallest absolute Gasteiger partial charge is 0.237 e. The lowest BCUT2D eigenvalue weighted by molar-refractivity contribution is -0.124. The molecule has 0 bridgehead atoms. The van der Waals surface area contributed by atoms with Crippen LogP contribution in [0.25, 0.3) is 0 Å². The van der Waals surface area contributed by atoms with Crippen LogP contribution in [0.5, 0.6) is 0 Å². The minimum absolute atomic E-state index is 0. The summed E-state index contributed by atoms with van der Waals surface area (Å²) < 4.78 is 0. The molecule has 0 aromatic heterocycles. The molecule has 2 fully saturated rings. The van der Waals surface area contributed by atoms with E-state index in [1.165, 1.54) is 19.3 Å². The third kappa shape index (κ3) is 5.09. The number of benzene rings is 1. The highest BCUT2D eigenvalue weighted by Crippen LogP contribution is 2.33. The normalized spacial score (nSPS) is 26.2. The Kier molecular flexibility index (Phi) is 7.11. The van der Waals surface area contributed by atoms with E-state index in [1.807, 2.05) is 6.07 Å². The number of hydrogen-bond acceptors (Lipinski definition) is 3. The van der Waals surface area contributed by atoms with Gasteiger partial charge < -0.3 is 16.4 Å². The summed E-state index contributed by atoms with van der Waals surface area (Å²) >= 11 is 6.03. The Morgan fingerprint density at radius 2 is 2.08 bits per heavy atom. The van der Waals surface area contributed by atoms with E-state index in [1.54, 1.807) is 18.2 Å². The van der Waals surface area contributed by atoms with Gasteiger partial charge in [0.15, 0.2) is 0 Å². The summed E-state index contributed by atoms with van der Waals surface area (Å²) in [5.41, 5.74) is 6.15. The first kappa shape index (κ1) is 20.0. The van der Waals surface area contributed by atoms with E-state index < -0.39 is 11.9 Å². The Labute approximate surface area is 159 Å². The van der Waals surface area contributed by atoms with Crippen LogP contribution in [0.1, 0.15) is 50.1 Å². The highest BCUT2D eigenvalue weighted by molar-refractivity contribution is 6.30. The number of halogens is 2. The lowest BCUT2D eigenvalue weighted by Crippen LogP contribution is -2.45. The van der Waals surface area contributed by atoms with Crippen molar-refractivity contribution < 1.29 is 9.59 Å². The summed E-state index contributed by atoms with van der Waals surface area (Å²) in [5.74, 6) is 0.0826. The molecule has 3 rings (SSSR count). The molecule has 1 heterocycles. The molecule has 5 nitrogen and oxygen atoms in total. The number of fused-ring (bicyclic) bond motifs is 1. The standard InChI is InChI=1S/C18H24ClN3O2.ClH/c19-13-6-3-5-11(8-13)15(10-17(20)23)22-18(24)16-9-12-4-1-2-7-14(12)21-16;/h3,5-6,8,12,14-16,21H,1-2,4,7,9-10H2,(H2,20,23)(H,22,24);1H/t12?,14?,15-,16?;/m1./s1. The molecule has 1 saturated heterocycles. The summed E-state index contributed by atoms with van der Waals surface area (Å²) in [6.07, 6.45) is 5.76. The molecule has 2 aliphatic rings. The fraction of sp³-hybridized carbons (Fsp3) is 0.556. The van der Waals surface area contributed by atoms with Gasteiger partial charge in [0.2, 0.25) is 11.8 Å². The molecule has 1 aliphatic heterocycles. The number of amides is 2. The number of nitrogens with two attached hydrogens (primary N) is 1. The molecule has 2 amide bonds. The van der Waals surface area contributed by atoms with Crippen molar-refractivity contribution in [2.24, 2.45) is 11.7 Å². The Hall–Kier alpha value is -1.30. The van der Waals surface area contributed by atoms with Crippen LogP contribution in [-0.4, -0.2) is 23.9 Å². The van der Waals surface area contributed by atoms with Gasteiger partial charge in [-0.3, -0.25) is 9.59 Å². The van der Waals surface area contributed by atoms with E-state index in [-0.39, 0.29) is 30.8 Å². The van der Waals surface area contributed by atoms with Crippen LogP contribution in [0.2, 0.25) is 5.02 Å². The van der Waals surface area contributed by atoms with Crippen molar-refractivity contribution in [1.29, 1.82) is 0 Å². The molecule has 4 N–H and O–H groups in total. The first-order chi connectivity index (χ1) is 11.5. The molecule has 1 aromatic rings. The van der Waals surface area contributed by atoms with Gasteiger partial charge in [-0.05, 0) is 42.9 Å². The van der Waals surface area contributed by atoms with Gasteiger partial charge in [0, 0.05) is 11.1 Å². The van der Waals surface area contributed by atoms with Gasteiger partial charge >= 0.3 is 0 Å². The number of rotatable bonds is 5. The molecule has 138 valence electrons. The van der Waals surface area contributed by atoms with Gasteiger partial charge in [-0.15, -0.1) is 12.4 Å². The van der Waals surface area contributed by atoms with Gasteiger partial charge in [-0.2, -0.15) is 0 Å². The minimum atomic E-state index is -0.451. The molecule has 1 aliphatic carbocycles. The van der Waals surface area contributed by atoms with Crippen LogP contribution in [-0.2, 0) is 9.59 Å². The summed E-state index contributed by atoms with van der Waals surface area (Å²) in [5, 5.41) is 7.01. The highest BCUT2D eigenvalue weighted by Gasteiger charge is 2.38. The van der Waals surface area contributed by atoms with Crippen LogP contribution in [0.4, 0.5) is 0 Å². The Morgan fingerprint density at radius 3 is 2.76 bits per heavy atom. The van der Waals surface area contributed by atoms with Crippen LogP contribution in [0.15, 0.2) is 24.3 Å². The zero-order chi connectivity index (χ0) is 17.1. The van der Waals surface area contributed by atoms with Gasteiger partial charge in [0.05, 0.1) is 18.5 Å². The Morgan fingerprint density at radius 1 is 1.32 bits per heavy atom. The maximum atomic E-state index is 12.7. The van der Waals surface area contributed by atoms with E-state index >= 15 is 0 Å². The number of carbonyl (C=O) groups excluding carboxylic acids is 2. The van der Waals surface area contributed by atoms with Crippen molar-refractivity contribution in [2.45, 2.75) is 56.7 Å². The summed E-state index contributed by atoms with van der Waals surface area (Å²) in [4.78, 5) is 24.1. The van der Waals surface area contributed by atoms with Crippen molar-refractivity contribution in [3.63, 3.8) is 0 Å². The number of carbonyl (C=O) groups is 2. The first-order valence-corrected chi connectivity index (χ1v) is 9.01. The molecular weight excluding hydrogens is 361 g/mol. The highest BCUT2D eigenvalue weighted by atomic mass is 35.5. The molecule has 1 aromatic carbocycles. The molecule has 0 radical (unpaired) electrons. The topological polar surface area (TPSA) is 84.2 Å².